The quantitative estimate of drug-likeness (QED) is 0.888. The number of amidine groups is 1. The molecule has 0 saturated carbocycles. The van der Waals surface area contributed by atoms with E-state index in [0.29, 0.717) is 27.5 Å². The lowest BCUT2D eigenvalue weighted by Gasteiger charge is -2.06. The number of aromatic nitrogens is 1. The van der Waals surface area contributed by atoms with Crippen LogP contribution in [0.15, 0.2) is 41.5 Å². The number of thioether (sulfide) groups is 1. The van der Waals surface area contributed by atoms with Crippen LogP contribution in [0, 0.1) is 6.92 Å². The molecule has 1 aromatic heterocycles. The van der Waals surface area contributed by atoms with Gasteiger partial charge < -0.3 is 5.32 Å². The van der Waals surface area contributed by atoms with Crippen LogP contribution in [0.1, 0.15) is 11.1 Å². The first kappa shape index (κ1) is 16.3. The van der Waals surface area contributed by atoms with Crippen LogP contribution in [-0.4, -0.2) is 21.3 Å². The van der Waals surface area contributed by atoms with Gasteiger partial charge in [-0.25, -0.2) is 9.98 Å². The summed E-state index contributed by atoms with van der Waals surface area (Å²) in [5.74, 6) is 0.555. The number of hydrogen-bond acceptors (Lipinski definition) is 4. The zero-order valence-corrected chi connectivity index (χ0v) is 14.5. The highest BCUT2D eigenvalue weighted by Gasteiger charge is 2.30. The molecule has 1 aliphatic rings. The first-order valence-electron chi connectivity index (χ1n) is 6.94. The topological polar surface area (TPSA) is 54.4 Å². The van der Waals surface area contributed by atoms with Gasteiger partial charge in [-0.15, -0.1) is 0 Å². The third kappa shape index (κ3) is 3.86. The van der Waals surface area contributed by atoms with E-state index in [4.69, 9.17) is 23.2 Å². The normalized spacial score (nSPS) is 19.2. The minimum absolute atomic E-state index is 0.0617. The standard InChI is InChI=1S/C16H13Cl2N3OS/c1-9-3-2-6-19-14(9)20-16-21-15(22)13(23-16)8-10-4-5-11(17)12(18)7-10/h2-7,13H,8H2,1H3,(H,19,20,21,22). The van der Waals surface area contributed by atoms with E-state index in [-0.39, 0.29) is 11.2 Å². The Morgan fingerprint density at radius 2 is 2.13 bits per heavy atom. The summed E-state index contributed by atoms with van der Waals surface area (Å²) in [7, 11) is 0. The molecular formula is C16H13Cl2N3OS. The van der Waals surface area contributed by atoms with E-state index in [1.54, 1.807) is 18.3 Å². The highest BCUT2D eigenvalue weighted by Crippen LogP contribution is 2.28. The SMILES string of the molecule is Cc1cccnc1/N=C1/NC(=O)C(Cc2ccc(Cl)c(Cl)c2)S1. The summed E-state index contributed by atoms with van der Waals surface area (Å²) in [4.78, 5) is 20.8. The Morgan fingerprint density at radius 3 is 2.87 bits per heavy atom. The van der Waals surface area contributed by atoms with Crippen LogP contribution in [0.3, 0.4) is 0 Å². The molecule has 3 rings (SSSR count). The van der Waals surface area contributed by atoms with Gasteiger partial charge in [0.25, 0.3) is 0 Å². The number of hydrogen-bond donors (Lipinski definition) is 1. The van der Waals surface area contributed by atoms with Crippen molar-refractivity contribution >= 4 is 51.9 Å². The summed E-state index contributed by atoms with van der Waals surface area (Å²) in [6.07, 6.45) is 2.24. The van der Waals surface area contributed by atoms with Crippen LogP contribution >= 0.6 is 35.0 Å². The molecule has 0 aliphatic carbocycles. The van der Waals surface area contributed by atoms with Crippen LogP contribution in [0.4, 0.5) is 5.82 Å². The number of halogens is 2. The van der Waals surface area contributed by atoms with Gasteiger partial charge in [0.2, 0.25) is 5.91 Å². The van der Waals surface area contributed by atoms with Gasteiger partial charge in [0, 0.05) is 6.20 Å². The van der Waals surface area contributed by atoms with Crippen molar-refractivity contribution in [2.45, 2.75) is 18.6 Å². The highest BCUT2D eigenvalue weighted by atomic mass is 35.5. The molecule has 2 aromatic rings. The van der Waals surface area contributed by atoms with E-state index in [2.05, 4.69) is 15.3 Å². The lowest BCUT2D eigenvalue weighted by atomic mass is 10.1. The fourth-order valence-electron chi connectivity index (χ4n) is 2.16. The zero-order chi connectivity index (χ0) is 16.4. The third-order valence-electron chi connectivity index (χ3n) is 3.37. The molecule has 2 heterocycles. The maximum absolute atomic E-state index is 12.1. The summed E-state index contributed by atoms with van der Waals surface area (Å²) in [5.41, 5.74) is 1.92. The second-order valence-electron chi connectivity index (χ2n) is 5.11. The van der Waals surface area contributed by atoms with Gasteiger partial charge >= 0.3 is 0 Å². The second-order valence-corrected chi connectivity index (χ2v) is 7.12. The second kappa shape index (κ2) is 6.91. The molecule has 4 nitrogen and oxygen atoms in total. The van der Waals surface area contributed by atoms with Crippen LogP contribution in [0.25, 0.3) is 0 Å². The van der Waals surface area contributed by atoms with Gasteiger partial charge in [0.15, 0.2) is 11.0 Å². The molecule has 1 N–H and O–H groups in total. The molecule has 1 fully saturated rings. The predicted molar refractivity (Wildman–Crippen MR) is 95.8 cm³/mol. The van der Waals surface area contributed by atoms with Gasteiger partial charge in [-0.05, 0) is 42.7 Å². The number of pyridine rings is 1. The molecule has 1 amide bonds. The van der Waals surface area contributed by atoms with Crippen LogP contribution < -0.4 is 5.32 Å². The van der Waals surface area contributed by atoms with Gasteiger partial charge in [-0.3, -0.25) is 4.79 Å². The lowest BCUT2D eigenvalue weighted by molar-refractivity contribution is -0.118. The van der Waals surface area contributed by atoms with E-state index < -0.39 is 0 Å². The monoisotopic (exact) mass is 365 g/mol. The van der Waals surface area contributed by atoms with Crippen molar-refractivity contribution in [3.8, 4) is 0 Å². The molecule has 1 unspecified atom stereocenters. The van der Waals surface area contributed by atoms with Crippen molar-refractivity contribution in [3.05, 3.63) is 57.7 Å². The molecule has 1 atom stereocenters. The number of nitrogens with zero attached hydrogens (tertiary/aromatic N) is 2. The fraction of sp³-hybridized carbons (Fsp3) is 0.188. The molecule has 0 bridgehead atoms. The molecule has 7 heteroatoms. The summed E-state index contributed by atoms with van der Waals surface area (Å²) in [6.45, 7) is 1.93. The molecule has 1 saturated heterocycles. The molecule has 23 heavy (non-hydrogen) atoms. The minimum Gasteiger partial charge on any atom is -0.304 e. The molecule has 1 aromatic carbocycles. The Bertz CT molecular complexity index is 795. The van der Waals surface area contributed by atoms with E-state index in [9.17, 15) is 4.79 Å². The Hall–Kier alpha value is -1.56. The smallest absolute Gasteiger partial charge is 0.239 e. The van der Waals surface area contributed by atoms with Gasteiger partial charge in [-0.1, -0.05) is 47.1 Å². The van der Waals surface area contributed by atoms with Gasteiger partial charge in [0.05, 0.1) is 15.3 Å². The number of amides is 1. The molecule has 118 valence electrons. The molecular weight excluding hydrogens is 353 g/mol. The zero-order valence-electron chi connectivity index (χ0n) is 12.2. The highest BCUT2D eigenvalue weighted by molar-refractivity contribution is 8.15. The predicted octanol–water partition coefficient (Wildman–Crippen LogP) is 4.16. The van der Waals surface area contributed by atoms with Crippen molar-refractivity contribution in [2.24, 2.45) is 4.99 Å². The van der Waals surface area contributed by atoms with Crippen LogP contribution in [0.2, 0.25) is 10.0 Å². The number of rotatable bonds is 3. The average molecular weight is 366 g/mol. The Balaban J connectivity index is 1.75. The Morgan fingerprint density at radius 1 is 1.30 bits per heavy atom. The Labute approximate surface area is 148 Å². The number of carbonyl (C=O) groups is 1. The first-order valence-corrected chi connectivity index (χ1v) is 8.58. The van der Waals surface area contributed by atoms with Crippen molar-refractivity contribution in [3.63, 3.8) is 0 Å². The van der Waals surface area contributed by atoms with Crippen molar-refractivity contribution in [1.82, 2.24) is 10.3 Å². The van der Waals surface area contributed by atoms with E-state index >= 15 is 0 Å². The number of aliphatic imine (C=N–C) groups is 1. The van der Waals surface area contributed by atoms with Crippen LogP contribution in [-0.2, 0) is 11.2 Å². The van der Waals surface area contributed by atoms with Crippen molar-refractivity contribution in [2.75, 3.05) is 0 Å². The van der Waals surface area contributed by atoms with Crippen molar-refractivity contribution in [1.29, 1.82) is 0 Å². The van der Waals surface area contributed by atoms with Crippen LogP contribution in [0.5, 0.6) is 0 Å². The Kier molecular flexibility index (Phi) is 4.90. The van der Waals surface area contributed by atoms with Gasteiger partial charge in [-0.2, -0.15) is 0 Å². The summed E-state index contributed by atoms with van der Waals surface area (Å²) >= 11 is 13.3. The lowest BCUT2D eigenvalue weighted by Crippen LogP contribution is -2.26. The summed E-state index contributed by atoms with van der Waals surface area (Å²) < 4.78 is 0. The largest absolute Gasteiger partial charge is 0.304 e. The molecule has 1 aliphatic heterocycles. The number of carbonyl (C=O) groups excluding carboxylic acids is 1. The maximum atomic E-state index is 12.1. The number of benzene rings is 1. The minimum atomic E-state index is -0.241. The van der Waals surface area contributed by atoms with Crippen molar-refractivity contribution < 1.29 is 4.79 Å². The number of nitrogens with one attached hydrogen (secondary N) is 1. The average Bonchev–Trinajstić information content (AvgIpc) is 2.85. The summed E-state index contributed by atoms with van der Waals surface area (Å²) in [5, 5.41) is 4.13. The fourth-order valence-corrected chi connectivity index (χ4v) is 3.49. The molecule has 0 spiro atoms. The maximum Gasteiger partial charge on any atom is 0.239 e. The van der Waals surface area contributed by atoms with E-state index in [1.807, 2.05) is 25.1 Å². The van der Waals surface area contributed by atoms with Gasteiger partial charge in [0.1, 0.15) is 0 Å². The third-order valence-corrected chi connectivity index (χ3v) is 5.19. The number of aryl methyl sites for hydroxylation is 1. The van der Waals surface area contributed by atoms with E-state index in [0.717, 1.165) is 11.1 Å². The van der Waals surface area contributed by atoms with E-state index in [1.165, 1.54) is 11.8 Å². The summed E-state index contributed by atoms with van der Waals surface area (Å²) in [6, 6.07) is 9.19. The molecule has 0 radical (unpaired) electrons. The first-order chi connectivity index (χ1) is 11.0.